The second-order valence-electron chi connectivity index (χ2n) is 3.08. The van der Waals surface area contributed by atoms with Crippen LogP contribution in [0.1, 0.15) is 20.3 Å². The molecule has 7 nitrogen and oxygen atoms in total. The average molecular weight is 245 g/mol. The van der Waals surface area contributed by atoms with E-state index in [2.05, 4.69) is 15.6 Å². The van der Waals surface area contributed by atoms with Crippen molar-refractivity contribution >= 4 is 17.7 Å². The summed E-state index contributed by atoms with van der Waals surface area (Å²) < 4.78 is 1.47. The molecule has 90 valence electrons. The van der Waals surface area contributed by atoms with E-state index in [0.717, 1.165) is 0 Å². The smallest absolute Gasteiger partial charge is 0.293 e. The van der Waals surface area contributed by atoms with Gasteiger partial charge in [0, 0.05) is 6.54 Å². The van der Waals surface area contributed by atoms with E-state index in [1.807, 2.05) is 13.8 Å². The summed E-state index contributed by atoms with van der Waals surface area (Å²) >= 11 is 1.22. The summed E-state index contributed by atoms with van der Waals surface area (Å²) in [6.07, 6.45) is 0.610. The number of hydrazine groups is 1. The number of carbonyl (C=O) groups excluding carboxylic acids is 1. The van der Waals surface area contributed by atoms with E-state index in [0.29, 0.717) is 18.1 Å². The molecular weight excluding hydrogens is 230 g/mol. The first-order chi connectivity index (χ1) is 7.63. The second-order valence-corrected chi connectivity index (χ2v) is 4.25. The molecule has 0 fully saturated rings. The van der Waals surface area contributed by atoms with Crippen LogP contribution in [0.5, 0.6) is 0 Å². The molecule has 0 aliphatic carbocycles. The highest BCUT2D eigenvalue weighted by Crippen LogP contribution is 2.22. The molecule has 1 atom stereocenters. The zero-order valence-electron chi connectivity index (χ0n) is 9.19. The molecule has 0 aromatic carbocycles. The second kappa shape index (κ2) is 5.71. The number of nitrogens with two attached hydrogens (primary N) is 1. The lowest BCUT2D eigenvalue weighted by Gasteiger charge is -2.11. The maximum atomic E-state index is 11.4. The number of amides is 1. The zero-order valence-corrected chi connectivity index (χ0v) is 10.0. The van der Waals surface area contributed by atoms with Crippen molar-refractivity contribution in [2.24, 2.45) is 5.84 Å². The highest BCUT2D eigenvalue weighted by atomic mass is 32.2. The van der Waals surface area contributed by atoms with Gasteiger partial charge in [-0.15, -0.1) is 5.10 Å². The minimum atomic E-state index is -0.342. The Morgan fingerprint density at radius 2 is 2.38 bits per heavy atom. The SMILES string of the molecule is CCC(Sc1n[nH]c(=O)n1CC)C(=O)NN. The van der Waals surface area contributed by atoms with Crippen LogP contribution in [0.2, 0.25) is 0 Å². The summed E-state index contributed by atoms with van der Waals surface area (Å²) in [5.74, 6) is 4.80. The number of rotatable bonds is 5. The molecule has 0 saturated carbocycles. The molecule has 0 saturated heterocycles. The summed E-state index contributed by atoms with van der Waals surface area (Å²) in [6.45, 7) is 4.22. The van der Waals surface area contributed by atoms with Crippen molar-refractivity contribution in [3.05, 3.63) is 10.5 Å². The number of H-pyrrole nitrogens is 1. The third-order valence-corrected chi connectivity index (χ3v) is 3.45. The molecule has 1 amide bonds. The van der Waals surface area contributed by atoms with Crippen molar-refractivity contribution < 1.29 is 4.79 Å². The number of nitrogens with one attached hydrogen (secondary N) is 2. The molecule has 0 aliphatic heterocycles. The van der Waals surface area contributed by atoms with Crippen molar-refractivity contribution in [1.82, 2.24) is 20.2 Å². The largest absolute Gasteiger partial charge is 0.343 e. The van der Waals surface area contributed by atoms with Gasteiger partial charge in [0.15, 0.2) is 5.16 Å². The fourth-order valence-corrected chi connectivity index (χ4v) is 2.25. The molecule has 4 N–H and O–H groups in total. The van der Waals surface area contributed by atoms with E-state index >= 15 is 0 Å². The van der Waals surface area contributed by atoms with Gasteiger partial charge >= 0.3 is 5.69 Å². The van der Waals surface area contributed by atoms with Crippen molar-refractivity contribution in [3.63, 3.8) is 0 Å². The van der Waals surface area contributed by atoms with Crippen LogP contribution in [0.4, 0.5) is 0 Å². The molecule has 0 radical (unpaired) electrons. The Kier molecular flexibility index (Phi) is 4.56. The Labute approximate surface area is 96.8 Å². The van der Waals surface area contributed by atoms with Gasteiger partial charge in [-0.1, -0.05) is 18.7 Å². The van der Waals surface area contributed by atoms with Gasteiger partial charge in [0.2, 0.25) is 5.91 Å². The van der Waals surface area contributed by atoms with Gasteiger partial charge in [-0.2, -0.15) is 0 Å². The van der Waals surface area contributed by atoms with Crippen molar-refractivity contribution in [1.29, 1.82) is 0 Å². The first-order valence-electron chi connectivity index (χ1n) is 4.96. The Balaban J connectivity index is 2.85. The standard InChI is InChI=1S/C8H15N5O2S/c1-3-5(6(14)10-9)16-8-12-11-7(15)13(8)4-2/h5H,3-4,9H2,1-2H3,(H,10,14)(H,11,15). The van der Waals surface area contributed by atoms with Crippen LogP contribution in [0.3, 0.4) is 0 Å². The minimum Gasteiger partial charge on any atom is -0.293 e. The fraction of sp³-hybridized carbons (Fsp3) is 0.625. The van der Waals surface area contributed by atoms with Gasteiger partial charge in [-0.3, -0.25) is 14.8 Å². The summed E-state index contributed by atoms with van der Waals surface area (Å²) in [7, 11) is 0. The quantitative estimate of drug-likeness (QED) is 0.279. The lowest BCUT2D eigenvalue weighted by Crippen LogP contribution is -2.37. The van der Waals surface area contributed by atoms with Crippen LogP contribution in [0.25, 0.3) is 0 Å². The van der Waals surface area contributed by atoms with Gasteiger partial charge in [0.25, 0.3) is 0 Å². The van der Waals surface area contributed by atoms with E-state index in [-0.39, 0.29) is 16.8 Å². The molecule has 1 aromatic rings. The number of thioether (sulfide) groups is 1. The molecule has 1 unspecified atom stereocenters. The van der Waals surface area contributed by atoms with E-state index in [1.54, 1.807) is 0 Å². The first-order valence-corrected chi connectivity index (χ1v) is 5.84. The van der Waals surface area contributed by atoms with Gasteiger partial charge in [-0.25, -0.2) is 15.7 Å². The van der Waals surface area contributed by atoms with Crippen molar-refractivity contribution in [2.45, 2.75) is 37.2 Å². The average Bonchev–Trinajstić information content (AvgIpc) is 2.65. The monoisotopic (exact) mass is 245 g/mol. The van der Waals surface area contributed by atoms with Crippen LogP contribution in [0, 0.1) is 0 Å². The fourth-order valence-electron chi connectivity index (χ4n) is 1.21. The lowest BCUT2D eigenvalue weighted by molar-refractivity contribution is -0.120. The molecule has 1 rings (SSSR count). The number of aromatic amines is 1. The molecule has 16 heavy (non-hydrogen) atoms. The van der Waals surface area contributed by atoms with Crippen molar-refractivity contribution in [3.8, 4) is 0 Å². The van der Waals surface area contributed by atoms with E-state index in [4.69, 9.17) is 5.84 Å². The maximum absolute atomic E-state index is 11.4. The molecule has 0 aliphatic rings. The number of carbonyl (C=O) groups is 1. The van der Waals surface area contributed by atoms with Gasteiger partial charge < -0.3 is 0 Å². The maximum Gasteiger partial charge on any atom is 0.343 e. The third-order valence-electron chi connectivity index (χ3n) is 2.09. The van der Waals surface area contributed by atoms with Crippen LogP contribution in [-0.2, 0) is 11.3 Å². The van der Waals surface area contributed by atoms with Crippen LogP contribution < -0.4 is 17.0 Å². The van der Waals surface area contributed by atoms with Crippen LogP contribution in [0.15, 0.2) is 9.95 Å². The van der Waals surface area contributed by atoms with Gasteiger partial charge in [0.05, 0.1) is 5.25 Å². The Hall–Kier alpha value is -1.28. The van der Waals surface area contributed by atoms with Crippen LogP contribution in [-0.4, -0.2) is 25.9 Å². The van der Waals surface area contributed by atoms with Gasteiger partial charge in [-0.05, 0) is 13.3 Å². The number of aromatic nitrogens is 3. The molecule has 8 heteroatoms. The summed E-state index contributed by atoms with van der Waals surface area (Å²) in [4.78, 5) is 22.7. The van der Waals surface area contributed by atoms with Crippen molar-refractivity contribution in [2.75, 3.05) is 0 Å². The molecular formula is C8H15N5O2S. The predicted octanol–water partition coefficient (Wildman–Crippen LogP) is -0.548. The Bertz CT molecular complexity index is 413. The Morgan fingerprint density at radius 1 is 1.69 bits per heavy atom. The van der Waals surface area contributed by atoms with E-state index < -0.39 is 0 Å². The van der Waals surface area contributed by atoms with E-state index in [1.165, 1.54) is 16.3 Å². The third kappa shape index (κ3) is 2.64. The number of hydrogen-bond acceptors (Lipinski definition) is 5. The molecule has 0 spiro atoms. The predicted molar refractivity (Wildman–Crippen MR) is 60.8 cm³/mol. The number of nitrogens with zero attached hydrogens (tertiary/aromatic N) is 2. The first kappa shape index (κ1) is 12.8. The minimum absolute atomic E-state index is 0.270. The summed E-state index contributed by atoms with van der Waals surface area (Å²) in [5.41, 5.74) is 1.83. The van der Waals surface area contributed by atoms with Gasteiger partial charge in [0.1, 0.15) is 0 Å². The highest BCUT2D eigenvalue weighted by Gasteiger charge is 2.20. The zero-order chi connectivity index (χ0) is 12.1. The Morgan fingerprint density at radius 3 is 2.88 bits per heavy atom. The number of hydrogen-bond donors (Lipinski definition) is 3. The normalized spacial score (nSPS) is 12.4. The summed E-state index contributed by atoms with van der Waals surface area (Å²) in [6, 6.07) is 0. The highest BCUT2D eigenvalue weighted by molar-refractivity contribution is 8.00. The lowest BCUT2D eigenvalue weighted by atomic mass is 10.3. The summed E-state index contributed by atoms with van der Waals surface area (Å²) in [5, 5.41) is 6.37. The molecule has 0 bridgehead atoms. The van der Waals surface area contributed by atoms with E-state index in [9.17, 15) is 9.59 Å². The molecule has 1 heterocycles. The molecule has 1 aromatic heterocycles. The topological polar surface area (TPSA) is 106 Å². The van der Waals surface area contributed by atoms with Crippen LogP contribution >= 0.6 is 11.8 Å².